The summed E-state index contributed by atoms with van der Waals surface area (Å²) in [7, 11) is 0. The Hall–Kier alpha value is -2.32. The fraction of sp³-hybridized carbons (Fsp3) is 0.565. The Labute approximate surface area is 186 Å². The minimum atomic E-state index is -0.704. The van der Waals surface area contributed by atoms with E-state index in [4.69, 9.17) is 9.84 Å². The highest BCUT2D eigenvalue weighted by Crippen LogP contribution is 2.37. The van der Waals surface area contributed by atoms with Gasteiger partial charge in [0.1, 0.15) is 5.01 Å². The van der Waals surface area contributed by atoms with E-state index in [-0.39, 0.29) is 12.3 Å². The number of aryl methyl sites for hydroxylation is 1. The summed E-state index contributed by atoms with van der Waals surface area (Å²) < 4.78 is 5.41. The summed E-state index contributed by atoms with van der Waals surface area (Å²) in [6.45, 7) is 1.69. The third-order valence-corrected chi connectivity index (χ3v) is 7.33. The van der Waals surface area contributed by atoms with Gasteiger partial charge in [-0.3, -0.25) is 14.9 Å². The second kappa shape index (κ2) is 10.3. The molecule has 1 aromatic carbocycles. The number of anilines is 1. The van der Waals surface area contributed by atoms with Crippen molar-refractivity contribution < 1.29 is 19.4 Å². The lowest BCUT2D eigenvalue weighted by Crippen LogP contribution is -2.16. The zero-order valence-corrected chi connectivity index (χ0v) is 18.4. The highest BCUT2D eigenvalue weighted by molar-refractivity contribution is 7.15. The maximum atomic E-state index is 12.6. The molecule has 2 aliphatic rings. The van der Waals surface area contributed by atoms with E-state index in [1.807, 2.05) is 24.3 Å². The van der Waals surface area contributed by atoms with Crippen LogP contribution in [0.15, 0.2) is 24.3 Å². The first-order valence-electron chi connectivity index (χ1n) is 11.1. The summed E-state index contributed by atoms with van der Waals surface area (Å²) in [5.41, 5.74) is 1.82. The molecule has 1 aliphatic heterocycles. The number of hydrogen-bond acceptors (Lipinski definition) is 6. The van der Waals surface area contributed by atoms with Gasteiger partial charge in [-0.05, 0) is 74.0 Å². The van der Waals surface area contributed by atoms with Gasteiger partial charge in [0.15, 0.2) is 0 Å². The maximum Gasteiger partial charge on any atom is 0.303 e. The molecule has 2 aromatic rings. The minimum absolute atomic E-state index is 0.177. The monoisotopic (exact) mass is 443 g/mol. The smallest absolute Gasteiger partial charge is 0.303 e. The van der Waals surface area contributed by atoms with Crippen LogP contribution in [-0.4, -0.2) is 40.4 Å². The van der Waals surface area contributed by atoms with E-state index < -0.39 is 5.97 Å². The first-order valence-corrected chi connectivity index (χ1v) is 11.9. The molecule has 1 amide bonds. The molecule has 1 saturated heterocycles. The summed E-state index contributed by atoms with van der Waals surface area (Å²) in [6, 6.07) is 7.75. The van der Waals surface area contributed by atoms with E-state index in [0.717, 1.165) is 63.2 Å². The molecule has 2 fully saturated rings. The molecule has 1 atom stereocenters. The number of aliphatic carboxylic acids is 1. The standard InChI is InChI=1S/C23H29N3O4S/c27-21(28)13-15-1-4-17(5-2-15)18-6-8-19(9-7-18)22(29)24-23-26-25-20(31-23)10-3-16-11-12-30-14-16/h6-9,15-17H,1-5,10-14H2,(H,27,28)(H,24,26,29). The molecule has 1 aromatic heterocycles. The van der Waals surface area contributed by atoms with Crippen LogP contribution < -0.4 is 5.32 Å². The number of amides is 1. The lowest BCUT2D eigenvalue weighted by Gasteiger charge is -2.28. The van der Waals surface area contributed by atoms with Crippen molar-refractivity contribution in [1.82, 2.24) is 10.2 Å². The number of benzene rings is 1. The van der Waals surface area contributed by atoms with Crippen LogP contribution in [-0.2, 0) is 16.0 Å². The number of rotatable bonds is 8. The molecule has 166 valence electrons. The first-order chi connectivity index (χ1) is 15.1. The Morgan fingerprint density at radius 3 is 2.52 bits per heavy atom. The third-order valence-electron chi connectivity index (χ3n) is 6.43. The van der Waals surface area contributed by atoms with Crippen LogP contribution in [0.3, 0.4) is 0 Å². The van der Waals surface area contributed by atoms with Crippen molar-refractivity contribution in [3.05, 3.63) is 40.4 Å². The van der Waals surface area contributed by atoms with E-state index in [1.54, 1.807) is 0 Å². The third kappa shape index (κ3) is 6.11. The van der Waals surface area contributed by atoms with Gasteiger partial charge in [-0.1, -0.05) is 23.5 Å². The van der Waals surface area contributed by atoms with Gasteiger partial charge in [0.05, 0.1) is 0 Å². The summed E-state index contributed by atoms with van der Waals surface area (Å²) in [5.74, 6) is 0.460. The lowest BCUT2D eigenvalue weighted by atomic mass is 9.77. The summed E-state index contributed by atoms with van der Waals surface area (Å²) >= 11 is 1.43. The molecule has 1 unspecified atom stereocenters. The molecule has 1 aliphatic carbocycles. The maximum absolute atomic E-state index is 12.6. The highest BCUT2D eigenvalue weighted by atomic mass is 32.1. The van der Waals surface area contributed by atoms with Gasteiger partial charge in [0.25, 0.3) is 5.91 Å². The number of carboxylic acid groups (broad SMARTS) is 1. The van der Waals surface area contributed by atoms with E-state index in [2.05, 4.69) is 15.5 Å². The zero-order chi connectivity index (χ0) is 21.6. The van der Waals surface area contributed by atoms with Crippen molar-refractivity contribution in [2.24, 2.45) is 11.8 Å². The SMILES string of the molecule is O=C(O)CC1CCC(c2ccc(C(=O)Nc3nnc(CCC4CCOC4)s3)cc2)CC1. The van der Waals surface area contributed by atoms with Crippen molar-refractivity contribution in [3.8, 4) is 0 Å². The van der Waals surface area contributed by atoms with Crippen molar-refractivity contribution in [1.29, 1.82) is 0 Å². The first kappa shape index (κ1) is 21.9. The Morgan fingerprint density at radius 1 is 1.06 bits per heavy atom. The molecule has 7 nitrogen and oxygen atoms in total. The summed E-state index contributed by atoms with van der Waals surface area (Å²) in [5, 5.41) is 21.6. The number of nitrogens with zero attached hydrogens (tertiary/aromatic N) is 2. The van der Waals surface area contributed by atoms with Crippen LogP contribution in [0.25, 0.3) is 0 Å². The average Bonchev–Trinajstić information content (AvgIpc) is 3.44. The van der Waals surface area contributed by atoms with Gasteiger partial charge in [0, 0.05) is 31.6 Å². The van der Waals surface area contributed by atoms with Crippen LogP contribution in [0.2, 0.25) is 0 Å². The number of ether oxygens (including phenoxy) is 1. The quantitative estimate of drug-likeness (QED) is 0.623. The fourth-order valence-corrected chi connectivity index (χ4v) is 5.32. The summed E-state index contributed by atoms with van der Waals surface area (Å²) in [4.78, 5) is 23.5. The Kier molecular flexibility index (Phi) is 7.29. The van der Waals surface area contributed by atoms with Crippen LogP contribution in [0.1, 0.15) is 71.8 Å². The van der Waals surface area contributed by atoms with E-state index in [0.29, 0.717) is 28.4 Å². The van der Waals surface area contributed by atoms with Crippen molar-refractivity contribution in [3.63, 3.8) is 0 Å². The number of carbonyl (C=O) groups is 2. The van der Waals surface area contributed by atoms with Crippen LogP contribution in [0.4, 0.5) is 5.13 Å². The molecule has 2 heterocycles. The van der Waals surface area contributed by atoms with Gasteiger partial charge < -0.3 is 9.84 Å². The fourth-order valence-electron chi connectivity index (χ4n) is 4.57. The number of hydrogen-bond donors (Lipinski definition) is 2. The van der Waals surface area contributed by atoms with Gasteiger partial charge in [-0.15, -0.1) is 10.2 Å². The minimum Gasteiger partial charge on any atom is -0.481 e. The van der Waals surface area contributed by atoms with Gasteiger partial charge in [-0.25, -0.2) is 0 Å². The molecular formula is C23H29N3O4S. The average molecular weight is 444 g/mol. The zero-order valence-electron chi connectivity index (χ0n) is 17.6. The molecule has 0 radical (unpaired) electrons. The predicted molar refractivity (Wildman–Crippen MR) is 119 cm³/mol. The number of carbonyl (C=O) groups excluding carboxylic acids is 1. The highest BCUT2D eigenvalue weighted by Gasteiger charge is 2.24. The van der Waals surface area contributed by atoms with Crippen LogP contribution >= 0.6 is 11.3 Å². The molecule has 31 heavy (non-hydrogen) atoms. The van der Waals surface area contributed by atoms with Crippen molar-refractivity contribution in [2.45, 2.75) is 57.3 Å². The van der Waals surface area contributed by atoms with Gasteiger partial charge in [0.2, 0.25) is 5.13 Å². The molecular weight excluding hydrogens is 414 g/mol. The topological polar surface area (TPSA) is 101 Å². The van der Waals surface area contributed by atoms with Crippen molar-refractivity contribution >= 4 is 28.3 Å². The Bertz CT molecular complexity index is 884. The van der Waals surface area contributed by atoms with E-state index in [9.17, 15) is 9.59 Å². The van der Waals surface area contributed by atoms with Gasteiger partial charge in [-0.2, -0.15) is 0 Å². The second-order valence-electron chi connectivity index (χ2n) is 8.66. The van der Waals surface area contributed by atoms with E-state index >= 15 is 0 Å². The molecule has 2 N–H and O–H groups in total. The Morgan fingerprint density at radius 2 is 1.84 bits per heavy atom. The molecule has 0 spiro atoms. The lowest BCUT2D eigenvalue weighted by molar-refractivity contribution is -0.138. The van der Waals surface area contributed by atoms with Crippen LogP contribution in [0.5, 0.6) is 0 Å². The second-order valence-corrected chi connectivity index (χ2v) is 9.72. The number of nitrogens with one attached hydrogen (secondary N) is 1. The Balaban J connectivity index is 1.26. The molecule has 4 rings (SSSR count). The van der Waals surface area contributed by atoms with Crippen LogP contribution in [0, 0.1) is 11.8 Å². The largest absolute Gasteiger partial charge is 0.481 e. The van der Waals surface area contributed by atoms with Crippen molar-refractivity contribution in [2.75, 3.05) is 18.5 Å². The molecule has 8 heteroatoms. The normalized spacial score (nSPS) is 23.5. The number of carboxylic acids is 1. The van der Waals surface area contributed by atoms with E-state index in [1.165, 1.54) is 16.9 Å². The summed E-state index contributed by atoms with van der Waals surface area (Å²) in [6.07, 6.45) is 7.20. The predicted octanol–water partition coefficient (Wildman–Crippen LogP) is 4.51. The van der Waals surface area contributed by atoms with Gasteiger partial charge >= 0.3 is 5.97 Å². The molecule has 1 saturated carbocycles. The number of aromatic nitrogens is 2. The molecule has 0 bridgehead atoms.